The number of rotatable bonds is 6. The summed E-state index contributed by atoms with van der Waals surface area (Å²) in [7, 11) is 0. The van der Waals surface area contributed by atoms with Gasteiger partial charge in [0, 0.05) is 12.1 Å². The summed E-state index contributed by atoms with van der Waals surface area (Å²) in [5.41, 5.74) is 0. The van der Waals surface area contributed by atoms with Crippen LogP contribution in [-0.2, 0) is 4.79 Å². The fourth-order valence-corrected chi connectivity index (χ4v) is 2.66. The molecule has 1 aliphatic carbocycles. The van der Waals surface area contributed by atoms with Gasteiger partial charge in [-0.1, -0.05) is 13.8 Å². The Morgan fingerprint density at radius 1 is 1.16 bits per heavy atom. The summed E-state index contributed by atoms with van der Waals surface area (Å²) < 4.78 is 0. The molecule has 2 aliphatic rings. The van der Waals surface area contributed by atoms with Gasteiger partial charge in [-0.15, -0.1) is 0 Å². The predicted molar refractivity (Wildman–Crippen MR) is 78.1 cm³/mol. The third kappa shape index (κ3) is 4.77. The first-order valence-corrected chi connectivity index (χ1v) is 7.84. The molecule has 2 rings (SSSR count). The Hall–Kier alpha value is -0.610. The van der Waals surface area contributed by atoms with Gasteiger partial charge in [-0.05, 0) is 58.2 Å². The lowest BCUT2D eigenvalue weighted by Crippen LogP contribution is -2.49. The Kier molecular flexibility index (Phi) is 5.22. The molecule has 1 saturated heterocycles. The summed E-state index contributed by atoms with van der Waals surface area (Å²) in [6, 6.07) is 1.09. The molecule has 1 aliphatic heterocycles. The molecule has 0 aromatic carbocycles. The van der Waals surface area contributed by atoms with Crippen molar-refractivity contribution in [2.24, 2.45) is 5.92 Å². The lowest BCUT2D eigenvalue weighted by Gasteiger charge is -2.35. The molecule has 4 nitrogen and oxygen atoms in total. The van der Waals surface area contributed by atoms with Crippen LogP contribution in [0.2, 0.25) is 0 Å². The van der Waals surface area contributed by atoms with E-state index >= 15 is 0 Å². The second-order valence-electron chi connectivity index (χ2n) is 6.50. The minimum Gasteiger partial charge on any atom is -0.352 e. The molecular formula is C15H29N3O. The van der Waals surface area contributed by atoms with Gasteiger partial charge in [0.25, 0.3) is 0 Å². The Bertz CT molecular complexity index is 294. The number of carbonyl (C=O) groups excluding carboxylic acids is 1. The van der Waals surface area contributed by atoms with Crippen LogP contribution in [0.3, 0.4) is 0 Å². The van der Waals surface area contributed by atoms with Crippen molar-refractivity contribution in [2.75, 3.05) is 19.6 Å². The molecule has 19 heavy (non-hydrogen) atoms. The van der Waals surface area contributed by atoms with Crippen LogP contribution in [0.25, 0.3) is 0 Å². The van der Waals surface area contributed by atoms with E-state index in [4.69, 9.17) is 0 Å². The van der Waals surface area contributed by atoms with E-state index in [2.05, 4.69) is 29.4 Å². The Morgan fingerprint density at radius 2 is 1.79 bits per heavy atom. The largest absolute Gasteiger partial charge is 0.352 e. The number of hydrogen-bond acceptors (Lipinski definition) is 3. The number of hydrogen-bond donors (Lipinski definition) is 2. The van der Waals surface area contributed by atoms with Crippen molar-refractivity contribution < 1.29 is 4.79 Å². The molecule has 0 aromatic heterocycles. The van der Waals surface area contributed by atoms with Gasteiger partial charge < -0.3 is 10.6 Å². The lowest BCUT2D eigenvalue weighted by molar-refractivity contribution is -0.126. The molecule has 0 bridgehead atoms. The molecular weight excluding hydrogens is 238 g/mol. The van der Waals surface area contributed by atoms with Gasteiger partial charge in [-0.3, -0.25) is 9.69 Å². The molecule has 0 spiro atoms. The average molecular weight is 267 g/mol. The van der Waals surface area contributed by atoms with Gasteiger partial charge in [0.05, 0.1) is 6.04 Å². The minimum atomic E-state index is 0.0413. The summed E-state index contributed by atoms with van der Waals surface area (Å²) in [6.45, 7) is 9.67. The van der Waals surface area contributed by atoms with E-state index in [1.807, 2.05) is 6.92 Å². The molecule has 0 aromatic rings. The minimum absolute atomic E-state index is 0.0413. The van der Waals surface area contributed by atoms with Crippen LogP contribution in [0.5, 0.6) is 0 Å². The standard InChI is InChI=1S/C15H29N3O/c1-11(2)16-10-13-6-8-18(9-7-13)12(3)15(19)17-14-4-5-14/h11-14,16H,4-10H2,1-3H3,(H,17,19). The summed E-state index contributed by atoms with van der Waals surface area (Å²) in [6.07, 6.45) is 4.75. The van der Waals surface area contributed by atoms with Gasteiger partial charge in [0.2, 0.25) is 5.91 Å². The monoisotopic (exact) mass is 267 g/mol. The summed E-state index contributed by atoms with van der Waals surface area (Å²) in [5.74, 6) is 0.999. The molecule has 1 amide bonds. The topological polar surface area (TPSA) is 44.4 Å². The zero-order chi connectivity index (χ0) is 13.8. The zero-order valence-electron chi connectivity index (χ0n) is 12.6. The van der Waals surface area contributed by atoms with Crippen molar-refractivity contribution in [3.05, 3.63) is 0 Å². The molecule has 1 saturated carbocycles. The molecule has 2 N–H and O–H groups in total. The van der Waals surface area contributed by atoms with Crippen LogP contribution in [-0.4, -0.2) is 48.6 Å². The Labute approximate surface area is 117 Å². The van der Waals surface area contributed by atoms with Gasteiger partial charge in [-0.2, -0.15) is 0 Å². The molecule has 110 valence electrons. The van der Waals surface area contributed by atoms with Crippen LogP contribution in [0.4, 0.5) is 0 Å². The smallest absolute Gasteiger partial charge is 0.237 e. The van der Waals surface area contributed by atoms with Crippen molar-refractivity contribution in [1.29, 1.82) is 0 Å². The summed E-state index contributed by atoms with van der Waals surface area (Å²) >= 11 is 0. The Balaban J connectivity index is 1.68. The number of amides is 1. The van der Waals surface area contributed by atoms with Gasteiger partial charge >= 0.3 is 0 Å². The molecule has 0 radical (unpaired) electrons. The van der Waals surface area contributed by atoms with Crippen molar-refractivity contribution in [3.63, 3.8) is 0 Å². The maximum atomic E-state index is 12.0. The zero-order valence-corrected chi connectivity index (χ0v) is 12.6. The van der Waals surface area contributed by atoms with Crippen molar-refractivity contribution in [3.8, 4) is 0 Å². The Morgan fingerprint density at radius 3 is 2.32 bits per heavy atom. The van der Waals surface area contributed by atoms with E-state index < -0.39 is 0 Å². The first-order chi connectivity index (χ1) is 9.06. The van der Waals surface area contributed by atoms with E-state index in [1.54, 1.807) is 0 Å². The number of piperidine rings is 1. The normalized spacial score (nSPS) is 23.6. The van der Waals surface area contributed by atoms with Crippen LogP contribution < -0.4 is 10.6 Å². The highest BCUT2D eigenvalue weighted by Gasteiger charge is 2.30. The second kappa shape index (κ2) is 6.71. The van der Waals surface area contributed by atoms with E-state index in [1.165, 1.54) is 25.7 Å². The lowest BCUT2D eigenvalue weighted by atomic mass is 9.95. The fourth-order valence-electron chi connectivity index (χ4n) is 2.66. The number of nitrogens with zero attached hydrogens (tertiary/aromatic N) is 1. The van der Waals surface area contributed by atoms with Gasteiger partial charge in [0.1, 0.15) is 0 Å². The highest BCUT2D eigenvalue weighted by molar-refractivity contribution is 5.81. The number of nitrogens with one attached hydrogen (secondary N) is 2. The average Bonchev–Trinajstić information content (AvgIpc) is 3.20. The molecule has 1 unspecified atom stereocenters. The van der Waals surface area contributed by atoms with Gasteiger partial charge in [0.15, 0.2) is 0 Å². The van der Waals surface area contributed by atoms with E-state index in [-0.39, 0.29) is 11.9 Å². The first-order valence-electron chi connectivity index (χ1n) is 7.84. The number of likely N-dealkylation sites (tertiary alicyclic amines) is 1. The van der Waals surface area contributed by atoms with Crippen LogP contribution >= 0.6 is 0 Å². The fraction of sp³-hybridized carbons (Fsp3) is 0.933. The summed E-state index contributed by atoms with van der Waals surface area (Å²) in [5, 5.41) is 6.63. The quantitative estimate of drug-likeness (QED) is 0.764. The van der Waals surface area contributed by atoms with Crippen molar-refractivity contribution >= 4 is 5.91 Å². The maximum Gasteiger partial charge on any atom is 0.237 e. The third-order valence-corrected chi connectivity index (χ3v) is 4.31. The van der Waals surface area contributed by atoms with Gasteiger partial charge in [-0.25, -0.2) is 0 Å². The van der Waals surface area contributed by atoms with E-state index in [0.717, 1.165) is 25.6 Å². The van der Waals surface area contributed by atoms with E-state index in [9.17, 15) is 4.79 Å². The van der Waals surface area contributed by atoms with Crippen molar-refractivity contribution in [2.45, 2.75) is 64.6 Å². The molecule has 4 heteroatoms. The van der Waals surface area contributed by atoms with Crippen LogP contribution in [0.15, 0.2) is 0 Å². The van der Waals surface area contributed by atoms with E-state index in [0.29, 0.717) is 12.1 Å². The summed E-state index contributed by atoms with van der Waals surface area (Å²) in [4.78, 5) is 14.4. The predicted octanol–water partition coefficient (Wildman–Crippen LogP) is 1.36. The highest BCUT2D eigenvalue weighted by Crippen LogP contribution is 2.21. The SMILES string of the molecule is CC(C)NCC1CCN(C(C)C(=O)NC2CC2)CC1. The second-order valence-corrected chi connectivity index (χ2v) is 6.50. The third-order valence-electron chi connectivity index (χ3n) is 4.31. The van der Waals surface area contributed by atoms with Crippen LogP contribution in [0.1, 0.15) is 46.5 Å². The van der Waals surface area contributed by atoms with Crippen molar-refractivity contribution in [1.82, 2.24) is 15.5 Å². The molecule has 2 fully saturated rings. The maximum absolute atomic E-state index is 12.0. The highest BCUT2D eigenvalue weighted by atomic mass is 16.2. The van der Waals surface area contributed by atoms with Crippen LogP contribution in [0, 0.1) is 5.92 Å². The molecule has 1 heterocycles. The molecule has 1 atom stereocenters. The first kappa shape index (κ1) is 14.8. The number of carbonyl (C=O) groups is 1.